The number of rotatable bonds is 9. The molecule has 0 radical (unpaired) electrons. The average Bonchev–Trinajstić information content (AvgIpc) is 3.82. The molecule has 4 aromatic rings. The van der Waals surface area contributed by atoms with Crippen LogP contribution in [-0.2, 0) is 5.60 Å². The Morgan fingerprint density at radius 2 is 1.82 bits per heavy atom. The van der Waals surface area contributed by atoms with Crippen LogP contribution in [0.3, 0.4) is 0 Å². The third kappa shape index (κ3) is 6.89. The molecule has 0 bridgehead atoms. The van der Waals surface area contributed by atoms with E-state index < -0.39 is 29.1 Å². The lowest BCUT2D eigenvalue weighted by molar-refractivity contribution is 0.0743. The Bertz CT molecular complexity index is 1760. The summed E-state index contributed by atoms with van der Waals surface area (Å²) >= 11 is 18.7. The fourth-order valence-electron chi connectivity index (χ4n) is 4.72. The van der Waals surface area contributed by atoms with Gasteiger partial charge in [-0.2, -0.15) is 0 Å². The summed E-state index contributed by atoms with van der Waals surface area (Å²) in [6.07, 6.45) is 3.66. The van der Waals surface area contributed by atoms with E-state index in [0.29, 0.717) is 16.9 Å². The molecule has 1 atom stereocenters. The van der Waals surface area contributed by atoms with Crippen molar-refractivity contribution in [1.82, 2.24) is 10.3 Å². The Hall–Kier alpha value is -3.56. The van der Waals surface area contributed by atoms with Crippen LogP contribution >= 0.6 is 34.8 Å². The number of nitrogens with two attached hydrogens (primary N) is 1. The van der Waals surface area contributed by atoms with Crippen LogP contribution < -0.4 is 11.1 Å². The molecule has 228 valence electrons. The molecule has 44 heavy (non-hydrogen) atoms. The van der Waals surface area contributed by atoms with Gasteiger partial charge in [-0.05, 0) is 62.6 Å². The highest BCUT2D eigenvalue weighted by atomic mass is 35.5. The minimum absolute atomic E-state index is 0.0393. The van der Waals surface area contributed by atoms with Crippen molar-refractivity contribution >= 4 is 52.6 Å². The van der Waals surface area contributed by atoms with Gasteiger partial charge < -0.3 is 16.2 Å². The number of nitrogen functional groups attached to an aromatic ring is 1. The van der Waals surface area contributed by atoms with Crippen molar-refractivity contribution < 1.29 is 18.7 Å². The summed E-state index contributed by atoms with van der Waals surface area (Å²) in [6, 6.07) is 16.4. The summed E-state index contributed by atoms with van der Waals surface area (Å²) in [5, 5.41) is 13.5. The third-order valence-electron chi connectivity index (χ3n) is 7.35. The van der Waals surface area contributed by atoms with Crippen LogP contribution in [0.5, 0.6) is 0 Å². The van der Waals surface area contributed by atoms with E-state index in [4.69, 9.17) is 40.5 Å². The van der Waals surface area contributed by atoms with Gasteiger partial charge in [0.05, 0.1) is 38.1 Å². The van der Waals surface area contributed by atoms with Crippen LogP contribution in [0.4, 0.5) is 14.5 Å². The average molecular weight is 658 g/mol. The minimum atomic E-state index is -1.63. The van der Waals surface area contributed by atoms with Gasteiger partial charge in [0.15, 0.2) is 5.82 Å². The topological polar surface area (TPSA) is 101 Å². The van der Waals surface area contributed by atoms with Gasteiger partial charge in [-0.15, -0.1) is 0 Å². The van der Waals surface area contributed by atoms with Gasteiger partial charge in [0.1, 0.15) is 11.5 Å². The lowest BCUT2D eigenvalue weighted by atomic mass is 9.89. The van der Waals surface area contributed by atoms with Crippen molar-refractivity contribution in [2.45, 2.75) is 44.2 Å². The number of benzene rings is 3. The zero-order valence-corrected chi connectivity index (χ0v) is 26.1. The maximum Gasteiger partial charge on any atom is 0.251 e. The second kappa shape index (κ2) is 12.8. The van der Waals surface area contributed by atoms with Crippen LogP contribution in [0.25, 0.3) is 11.3 Å². The first kappa shape index (κ1) is 31.9. The SMILES string of the molecule is CC(C)(O)c1cc([C@@H](CNC(=O)c2cc(Cl)c(N)c(C=NC3CC3)c2)c2ccccc2)nc(-c2ccc(F)c(Cl)c2Cl)c1F. The van der Waals surface area contributed by atoms with Crippen molar-refractivity contribution in [3.05, 3.63) is 115 Å². The van der Waals surface area contributed by atoms with E-state index in [0.717, 1.165) is 24.5 Å². The molecule has 1 heterocycles. The molecule has 6 nitrogen and oxygen atoms in total. The van der Waals surface area contributed by atoms with Crippen LogP contribution in [0.15, 0.2) is 65.7 Å². The molecular formula is C33H29Cl3F2N4O2. The Morgan fingerprint density at radius 3 is 2.48 bits per heavy atom. The first-order chi connectivity index (χ1) is 20.8. The number of hydrogen-bond acceptors (Lipinski definition) is 5. The Kier molecular flexibility index (Phi) is 9.28. The number of carbonyl (C=O) groups excluding carboxylic acids is 1. The summed E-state index contributed by atoms with van der Waals surface area (Å²) in [7, 11) is 0. The molecule has 1 saturated carbocycles. The number of aliphatic hydroxyl groups is 1. The fraction of sp³-hybridized carbons (Fsp3) is 0.242. The van der Waals surface area contributed by atoms with Crippen LogP contribution in [0.2, 0.25) is 15.1 Å². The second-order valence-corrected chi connectivity index (χ2v) is 12.3. The molecule has 0 aliphatic heterocycles. The molecule has 0 saturated heterocycles. The van der Waals surface area contributed by atoms with Gasteiger partial charge in [-0.25, -0.2) is 13.8 Å². The molecule has 1 aliphatic rings. The Balaban J connectivity index is 1.56. The monoisotopic (exact) mass is 656 g/mol. The minimum Gasteiger partial charge on any atom is -0.397 e. The van der Waals surface area contributed by atoms with Crippen LogP contribution in [0.1, 0.15) is 65.3 Å². The van der Waals surface area contributed by atoms with Crippen molar-refractivity contribution in [2.24, 2.45) is 4.99 Å². The number of halogens is 5. The number of aliphatic imine (C=N–C) groups is 1. The number of anilines is 1. The summed E-state index contributed by atoms with van der Waals surface area (Å²) < 4.78 is 30.1. The molecule has 1 aromatic heterocycles. The first-order valence-corrected chi connectivity index (χ1v) is 15.0. The molecule has 5 rings (SSSR count). The summed E-state index contributed by atoms with van der Waals surface area (Å²) in [6.45, 7) is 2.91. The third-order valence-corrected chi connectivity index (χ3v) is 8.52. The molecule has 3 aromatic carbocycles. The number of pyridine rings is 1. The normalized spacial score (nSPS) is 14.2. The van der Waals surface area contributed by atoms with Gasteiger partial charge in [-0.3, -0.25) is 9.79 Å². The predicted molar refractivity (Wildman–Crippen MR) is 172 cm³/mol. The van der Waals surface area contributed by atoms with Crippen molar-refractivity contribution in [3.8, 4) is 11.3 Å². The van der Waals surface area contributed by atoms with Crippen molar-refractivity contribution in [1.29, 1.82) is 0 Å². The lowest BCUT2D eigenvalue weighted by Crippen LogP contribution is -2.30. The fourth-order valence-corrected chi connectivity index (χ4v) is 5.36. The zero-order chi connectivity index (χ0) is 31.8. The summed E-state index contributed by atoms with van der Waals surface area (Å²) in [4.78, 5) is 22.5. The van der Waals surface area contributed by atoms with Gasteiger partial charge in [-0.1, -0.05) is 65.1 Å². The first-order valence-electron chi connectivity index (χ1n) is 13.9. The molecular weight excluding hydrogens is 629 g/mol. The molecule has 0 unspecified atom stereocenters. The highest BCUT2D eigenvalue weighted by Crippen LogP contribution is 2.39. The van der Waals surface area contributed by atoms with Gasteiger partial charge >= 0.3 is 0 Å². The van der Waals surface area contributed by atoms with E-state index in [1.54, 1.807) is 12.3 Å². The molecule has 0 spiro atoms. The van der Waals surface area contributed by atoms with E-state index in [-0.39, 0.29) is 50.0 Å². The van der Waals surface area contributed by atoms with E-state index in [9.17, 15) is 14.3 Å². The standard InChI is InChI=1S/C33H29Cl3F2N4O2/c1-33(2,44)23-14-26(42-31(29(23)38)21-10-11-25(37)28(36)27(21)35)22(17-6-4-3-5-7-17)16-41-32(43)18-12-19(15-40-20-8-9-20)30(39)24(34)13-18/h3-7,10-15,20,22,44H,8-9,16,39H2,1-2H3,(H,41,43)/t22-/m0/s1. The number of carbonyl (C=O) groups is 1. The molecule has 4 N–H and O–H groups in total. The number of aromatic nitrogens is 1. The highest BCUT2D eigenvalue weighted by molar-refractivity contribution is 6.43. The maximum atomic E-state index is 16.0. The van der Waals surface area contributed by atoms with E-state index in [2.05, 4.69) is 15.3 Å². The van der Waals surface area contributed by atoms with Crippen LogP contribution in [0, 0.1) is 11.6 Å². The molecule has 1 amide bonds. The van der Waals surface area contributed by atoms with Crippen molar-refractivity contribution in [2.75, 3.05) is 12.3 Å². The summed E-state index contributed by atoms with van der Waals surface area (Å²) in [5.41, 5.74) is 6.52. The van der Waals surface area contributed by atoms with Gasteiger partial charge in [0, 0.05) is 40.9 Å². The predicted octanol–water partition coefficient (Wildman–Crippen LogP) is 7.94. The highest BCUT2D eigenvalue weighted by Gasteiger charge is 2.29. The Morgan fingerprint density at radius 1 is 1.11 bits per heavy atom. The number of hydrogen-bond donors (Lipinski definition) is 3. The lowest BCUT2D eigenvalue weighted by Gasteiger charge is -2.25. The van der Waals surface area contributed by atoms with Crippen molar-refractivity contribution in [3.63, 3.8) is 0 Å². The molecule has 1 aliphatic carbocycles. The number of nitrogens with zero attached hydrogens (tertiary/aromatic N) is 2. The van der Waals surface area contributed by atoms with Crippen LogP contribution in [-0.4, -0.2) is 34.8 Å². The molecule has 1 fully saturated rings. The Labute approximate surface area is 268 Å². The smallest absolute Gasteiger partial charge is 0.251 e. The number of amides is 1. The molecule has 11 heteroatoms. The largest absolute Gasteiger partial charge is 0.397 e. The zero-order valence-electron chi connectivity index (χ0n) is 23.8. The quantitative estimate of drug-likeness (QED) is 0.0967. The van der Waals surface area contributed by atoms with E-state index in [1.807, 2.05) is 30.3 Å². The van der Waals surface area contributed by atoms with Gasteiger partial charge in [0.2, 0.25) is 0 Å². The number of nitrogens with one attached hydrogen (secondary N) is 1. The maximum absolute atomic E-state index is 16.0. The van der Waals surface area contributed by atoms with Gasteiger partial charge in [0.25, 0.3) is 5.91 Å². The van der Waals surface area contributed by atoms with E-state index in [1.165, 1.54) is 32.0 Å². The second-order valence-electron chi connectivity index (χ2n) is 11.2. The van der Waals surface area contributed by atoms with E-state index >= 15 is 4.39 Å². The summed E-state index contributed by atoms with van der Waals surface area (Å²) in [5.74, 6) is -2.63.